The largest absolute Gasteiger partial charge is 0.492 e. The zero-order valence-corrected chi connectivity index (χ0v) is 12.7. The van der Waals surface area contributed by atoms with Crippen LogP contribution in [0.5, 0.6) is 5.75 Å². The van der Waals surface area contributed by atoms with Gasteiger partial charge >= 0.3 is 0 Å². The quantitative estimate of drug-likeness (QED) is 0.893. The Kier molecular flexibility index (Phi) is 5.22. The number of hydrogen-bond donors (Lipinski definition) is 2. The van der Waals surface area contributed by atoms with Gasteiger partial charge in [-0.3, -0.25) is 4.79 Å². The van der Waals surface area contributed by atoms with Crippen molar-refractivity contribution in [1.29, 1.82) is 0 Å². The maximum atomic E-state index is 11.6. The van der Waals surface area contributed by atoms with Crippen molar-refractivity contribution in [2.24, 2.45) is 0 Å². The van der Waals surface area contributed by atoms with Crippen LogP contribution in [0.4, 0.5) is 0 Å². The highest BCUT2D eigenvalue weighted by Gasteiger charge is 2.15. The number of carbonyl (C=O) groups is 1. The maximum Gasteiger partial charge on any atom is 0.220 e. The van der Waals surface area contributed by atoms with Crippen LogP contribution in [-0.4, -0.2) is 19.1 Å². The highest BCUT2D eigenvalue weighted by Crippen LogP contribution is 2.29. The molecule has 1 aliphatic heterocycles. The Morgan fingerprint density at radius 3 is 3.16 bits per heavy atom. The number of amides is 1. The third-order valence-electron chi connectivity index (χ3n) is 3.00. The number of hydrogen-bond acceptors (Lipinski definition) is 3. The summed E-state index contributed by atoms with van der Waals surface area (Å²) in [5.74, 6) is 0.993. The minimum absolute atomic E-state index is 0.0861. The first-order valence-corrected chi connectivity index (χ1v) is 7.41. The standard InChI is InChI=1S/C14H19BrN2O2/c1-2-3-13(18)17-9-11-7-12(15)6-10-8-16-4-5-19-14(10)11/h6-7,16H,2-5,8-9H2,1H3,(H,17,18). The molecule has 1 aromatic carbocycles. The van der Waals surface area contributed by atoms with Crippen LogP contribution >= 0.6 is 15.9 Å². The van der Waals surface area contributed by atoms with Crippen LogP contribution in [0.1, 0.15) is 30.9 Å². The molecule has 0 atom stereocenters. The molecule has 0 saturated heterocycles. The molecule has 0 unspecified atom stereocenters. The summed E-state index contributed by atoms with van der Waals surface area (Å²) in [5.41, 5.74) is 2.16. The first-order valence-electron chi connectivity index (χ1n) is 6.62. The van der Waals surface area contributed by atoms with Gasteiger partial charge in [0.05, 0.1) is 0 Å². The summed E-state index contributed by atoms with van der Waals surface area (Å²) in [6, 6.07) is 4.07. The molecule has 1 heterocycles. The van der Waals surface area contributed by atoms with E-state index in [1.165, 1.54) is 0 Å². The van der Waals surface area contributed by atoms with E-state index < -0.39 is 0 Å². The van der Waals surface area contributed by atoms with Gasteiger partial charge in [-0.05, 0) is 18.6 Å². The van der Waals surface area contributed by atoms with Gasteiger partial charge in [0.1, 0.15) is 12.4 Å². The molecular weight excluding hydrogens is 308 g/mol. The van der Waals surface area contributed by atoms with Crippen LogP contribution in [0, 0.1) is 0 Å². The number of rotatable bonds is 4. The van der Waals surface area contributed by atoms with E-state index in [9.17, 15) is 4.79 Å². The highest BCUT2D eigenvalue weighted by atomic mass is 79.9. The predicted molar refractivity (Wildman–Crippen MR) is 78.1 cm³/mol. The Morgan fingerprint density at radius 1 is 1.53 bits per heavy atom. The Labute approximate surface area is 122 Å². The zero-order valence-electron chi connectivity index (χ0n) is 11.1. The first-order chi connectivity index (χ1) is 9.20. The molecule has 1 aromatic rings. The van der Waals surface area contributed by atoms with Crippen molar-refractivity contribution in [3.63, 3.8) is 0 Å². The number of halogens is 1. The van der Waals surface area contributed by atoms with Crippen molar-refractivity contribution in [1.82, 2.24) is 10.6 Å². The normalized spacial score (nSPS) is 14.2. The molecule has 0 spiro atoms. The van der Waals surface area contributed by atoms with E-state index >= 15 is 0 Å². The van der Waals surface area contributed by atoms with Crippen LogP contribution < -0.4 is 15.4 Å². The molecule has 0 aromatic heterocycles. The Morgan fingerprint density at radius 2 is 2.37 bits per heavy atom. The van der Waals surface area contributed by atoms with E-state index in [1.807, 2.05) is 13.0 Å². The first kappa shape index (κ1) is 14.3. The van der Waals surface area contributed by atoms with Gasteiger partial charge in [0.2, 0.25) is 5.91 Å². The van der Waals surface area contributed by atoms with E-state index in [2.05, 4.69) is 32.6 Å². The fraction of sp³-hybridized carbons (Fsp3) is 0.500. The summed E-state index contributed by atoms with van der Waals surface area (Å²) in [4.78, 5) is 11.6. The molecule has 1 aliphatic rings. The molecule has 1 amide bonds. The van der Waals surface area contributed by atoms with Crippen molar-refractivity contribution in [3.05, 3.63) is 27.7 Å². The Balaban J connectivity index is 2.15. The lowest BCUT2D eigenvalue weighted by molar-refractivity contribution is -0.121. The van der Waals surface area contributed by atoms with E-state index in [0.717, 1.165) is 40.9 Å². The average molecular weight is 327 g/mol. The lowest BCUT2D eigenvalue weighted by atomic mass is 10.1. The van der Waals surface area contributed by atoms with E-state index in [-0.39, 0.29) is 5.91 Å². The van der Waals surface area contributed by atoms with Crippen LogP contribution in [0.2, 0.25) is 0 Å². The number of fused-ring (bicyclic) bond motifs is 1. The van der Waals surface area contributed by atoms with E-state index in [0.29, 0.717) is 19.6 Å². The van der Waals surface area contributed by atoms with E-state index in [4.69, 9.17) is 4.74 Å². The van der Waals surface area contributed by atoms with E-state index in [1.54, 1.807) is 0 Å². The fourth-order valence-electron chi connectivity index (χ4n) is 2.12. The van der Waals surface area contributed by atoms with Gasteiger partial charge in [-0.15, -0.1) is 0 Å². The summed E-state index contributed by atoms with van der Waals surface area (Å²) < 4.78 is 6.80. The van der Waals surface area contributed by atoms with Crippen LogP contribution in [0.15, 0.2) is 16.6 Å². The molecule has 19 heavy (non-hydrogen) atoms. The fourth-order valence-corrected chi connectivity index (χ4v) is 2.67. The summed E-state index contributed by atoms with van der Waals surface area (Å²) >= 11 is 3.51. The molecular formula is C14H19BrN2O2. The number of nitrogens with one attached hydrogen (secondary N) is 2. The topological polar surface area (TPSA) is 50.4 Å². The second-order valence-electron chi connectivity index (χ2n) is 4.61. The third-order valence-corrected chi connectivity index (χ3v) is 3.46. The van der Waals surface area contributed by atoms with Gasteiger partial charge in [-0.25, -0.2) is 0 Å². The van der Waals surface area contributed by atoms with Crippen molar-refractivity contribution < 1.29 is 9.53 Å². The van der Waals surface area contributed by atoms with Gasteiger partial charge in [0, 0.05) is 41.7 Å². The third kappa shape index (κ3) is 3.94. The van der Waals surface area contributed by atoms with Gasteiger partial charge in [-0.2, -0.15) is 0 Å². The molecule has 0 aliphatic carbocycles. The molecule has 4 nitrogen and oxygen atoms in total. The average Bonchev–Trinajstić information content (AvgIpc) is 2.61. The number of benzene rings is 1. The van der Waals surface area contributed by atoms with Crippen LogP contribution in [0.25, 0.3) is 0 Å². The second kappa shape index (κ2) is 6.91. The van der Waals surface area contributed by atoms with Crippen molar-refractivity contribution in [2.45, 2.75) is 32.9 Å². The summed E-state index contributed by atoms with van der Waals surface area (Å²) in [7, 11) is 0. The minimum Gasteiger partial charge on any atom is -0.492 e. The number of carbonyl (C=O) groups excluding carboxylic acids is 1. The molecule has 0 fully saturated rings. The Hall–Kier alpha value is -1.07. The summed E-state index contributed by atoms with van der Waals surface area (Å²) in [6.45, 7) is 4.81. The SMILES string of the molecule is CCCC(=O)NCc1cc(Br)cc2c1OCCNC2. The lowest BCUT2D eigenvalue weighted by Gasteiger charge is -2.14. The van der Waals surface area contributed by atoms with Crippen molar-refractivity contribution in [3.8, 4) is 5.75 Å². The summed E-state index contributed by atoms with van der Waals surface area (Å²) in [6.07, 6.45) is 1.43. The predicted octanol–water partition coefficient (Wildman–Crippen LogP) is 2.35. The van der Waals surface area contributed by atoms with Gasteiger partial charge in [0.15, 0.2) is 0 Å². The smallest absolute Gasteiger partial charge is 0.220 e. The number of ether oxygens (including phenoxy) is 1. The maximum absolute atomic E-state index is 11.6. The van der Waals surface area contributed by atoms with Gasteiger partial charge in [0.25, 0.3) is 0 Å². The highest BCUT2D eigenvalue weighted by molar-refractivity contribution is 9.10. The molecule has 0 saturated carbocycles. The zero-order chi connectivity index (χ0) is 13.7. The minimum atomic E-state index is 0.0861. The molecule has 5 heteroatoms. The van der Waals surface area contributed by atoms with Gasteiger partial charge in [-0.1, -0.05) is 22.9 Å². The second-order valence-corrected chi connectivity index (χ2v) is 5.52. The molecule has 104 valence electrons. The monoisotopic (exact) mass is 326 g/mol. The van der Waals surface area contributed by atoms with Crippen molar-refractivity contribution >= 4 is 21.8 Å². The molecule has 0 bridgehead atoms. The molecule has 2 rings (SSSR count). The molecule has 2 N–H and O–H groups in total. The summed E-state index contributed by atoms with van der Waals surface area (Å²) in [5, 5.41) is 6.25. The van der Waals surface area contributed by atoms with Crippen molar-refractivity contribution in [2.75, 3.05) is 13.2 Å². The Bertz CT molecular complexity index is 463. The van der Waals surface area contributed by atoms with Crippen LogP contribution in [-0.2, 0) is 17.9 Å². The van der Waals surface area contributed by atoms with Gasteiger partial charge < -0.3 is 15.4 Å². The van der Waals surface area contributed by atoms with Crippen LogP contribution in [0.3, 0.4) is 0 Å². The lowest BCUT2D eigenvalue weighted by Crippen LogP contribution is -2.22. The molecule has 0 radical (unpaired) electrons.